The van der Waals surface area contributed by atoms with E-state index in [-0.39, 0.29) is 5.56 Å². The second-order valence-electron chi connectivity index (χ2n) is 3.58. The zero-order valence-corrected chi connectivity index (χ0v) is 10.2. The third kappa shape index (κ3) is 1.58. The average molecular weight is 251 g/mol. The van der Waals surface area contributed by atoms with Crippen molar-refractivity contribution >= 4 is 23.1 Å². The number of thiazole rings is 1. The summed E-state index contributed by atoms with van der Waals surface area (Å²) in [5.74, 6) is 2.19. The van der Waals surface area contributed by atoms with Crippen molar-refractivity contribution in [1.29, 1.82) is 0 Å². The topological polar surface area (TPSA) is 58.6 Å². The number of nitrogens with one attached hydrogen (secondary N) is 1. The second kappa shape index (κ2) is 3.71. The standard InChI is InChI=1S/C10H9N3OS2/c1-5-11-8(4-16-5)9-12-7-3-15-2-6(7)10(14)13-9/h4H,2-3H2,1H3,(H,12,13,14). The molecule has 2 aromatic rings. The molecule has 1 N–H and O–H groups in total. The number of H-pyrrole nitrogens is 1. The van der Waals surface area contributed by atoms with E-state index in [2.05, 4.69) is 15.0 Å². The zero-order chi connectivity index (χ0) is 11.1. The highest BCUT2D eigenvalue weighted by atomic mass is 32.2. The van der Waals surface area contributed by atoms with Gasteiger partial charge in [0.15, 0.2) is 5.82 Å². The van der Waals surface area contributed by atoms with E-state index in [0.717, 1.165) is 33.5 Å². The fourth-order valence-electron chi connectivity index (χ4n) is 1.66. The molecule has 0 fully saturated rings. The van der Waals surface area contributed by atoms with Crippen LogP contribution < -0.4 is 5.56 Å². The van der Waals surface area contributed by atoms with Gasteiger partial charge in [-0.1, -0.05) is 0 Å². The molecule has 0 aromatic carbocycles. The van der Waals surface area contributed by atoms with Crippen molar-refractivity contribution < 1.29 is 0 Å². The van der Waals surface area contributed by atoms with Crippen molar-refractivity contribution in [3.63, 3.8) is 0 Å². The number of aromatic nitrogens is 3. The van der Waals surface area contributed by atoms with E-state index < -0.39 is 0 Å². The minimum Gasteiger partial charge on any atom is -0.305 e. The molecule has 1 aliphatic rings. The van der Waals surface area contributed by atoms with Crippen LogP contribution in [-0.2, 0) is 11.5 Å². The van der Waals surface area contributed by atoms with Crippen molar-refractivity contribution in [3.05, 3.63) is 32.0 Å². The van der Waals surface area contributed by atoms with E-state index in [1.807, 2.05) is 12.3 Å². The molecule has 3 rings (SSSR count). The summed E-state index contributed by atoms with van der Waals surface area (Å²) in [6, 6.07) is 0. The van der Waals surface area contributed by atoms with Crippen LogP contribution in [0.5, 0.6) is 0 Å². The first kappa shape index (κ1) is 10.0. The minimum atomic E-state index is -0.0179. The van der Waals surface area contributed by atoms with Gasteiger partial charge in [-0.2, -0.15) is 11.8 Å². The van der Waals surface area contributed by atoms with Crippen LogP contribution in [0.2, 0.25) is 0 Å². The van der Waals surface area contributed by atoms with E-state index in [1.165, 1.54) is 0 Å². The molecule has 0 unspecified atom stereocenters. The fraction of sp³-hybridized carbons (Fsp3) is 0.300. The molecule has 0 amide bonds. The number of thioether (sulfide) groups is 1. The van der Waals surface area contributed by atoms with Gasteiger partial charge in [0.2, 0.25) is 0 Å². The predicted octanol–water partition coefficient (Wildman–Crippen LogP) is 1.95. The van der Waals surface area contributed by atoms with Crippen LogP contribution in [0.1, 0.15) is 16.3 Å². The summed E-state index contributed by atoms with van der Waals surface area (Å²) >= 11 is 3.29. The summed E-state index contributed by atoms with van der Waals surface area (Å²) < 4.78 is 0. The lowest BCUT2D eigenvalue weighted by Gasteiger charge is -2.00. The Morgan fingerprint density at radius 3 is 3.00 bits per heavy atom. The Morgan fingerprint density at radius 1 is 1.38 bits per heavy atom. The first-order valence-corrected chi connectivity index (χ1v) is 6.90. The number of nitrogens with zero attached hydrogens (tertiary/aromatic N) is 2. The molecule has 0 saturated heterocycles. The van der Waals surface area contributed by atoms with Gasteiger partial charge in [-0.05, 0) is 6.92 Å². The van der Waals surface area contributed by atoms with Crippen LogP contribution >= 0.6 is 23.1 Å². The molecular weight excluding hydrogens is 242 g/mol. The third-order valence-electron chi connectivity index (χ3n) is 2.45. The summed E-state index contributed by atoms with van der Waals surface area (Å²) in [4.78, 5) is 23.4. The lowest BCUT2D eigenvalue weighted by atomic mass is 10.2. The van der Waals surface area contributed by atoms with Gasteiger partial charge in [0.1, 0.15) is 5.69 Å². The molecular formula is C10H9N3OS2. The van der Waals surface area contributed by atoms with Crippen molar-refractivity contribution in [1.82, 2.24) is 15.0 Å². The Morgan fingerprint density at radius 2 is 2.25 bits per heavy atom. The summed E-state index contributed by atoms with van der Waals surface area (Å²) in [6.07, 6.45) is 0. The van der Waals surface area contributed by atoms with E-state index in [9.17, 15) is 4.79 Å². The average Bonchev–Trinajstić information content (AvgIpc) is 2.85. The van der Waals surface area contributed by atoms with Crippen molar-refractivity contribution in [2.24, 2.45) is 0 Å². The third-order valence-corrected chi connectivity index (χ3v) is 4.19. The quantitative estimate of drug-likeness (QED) is 0.841. The van der Waals surface area contributed by atoms with Gasteiger partial charge < -0.3 is 4.98 Å². The van der Waals surface area contributed by atoms with Gasteiger partial charge in [0, 0.05) is 22.4 Å². The maximum atomic E-state index is 11.8. The number of fused-ring (bicyclic) bond motifs is 1. The molecule has 0 bridgehead atoms. The van der Waals surface area contributed by atoms with E-state index in [4.69, 9.17) is 0 Å². The summed E-state index contributed by atoms with van der Waals surface area (Å²) in [5.41, 5.74) is 2.48. The van der Waals surface area contributed by atoms with Crippen LogP contribution in [0.15, 0.2) is 10.2 Å². The van der Waals surface area contributed by atoms with Crippen LogP contribution in [0.25, 0.3) is 11.5 Å². The Hall–Kier alpha value is -1.14. The molecule has 1 aliphatic heterocycles. The number of rotatable bonds is 1. The molecule has 82 valence electrons. The van der Waals surface area contributed by atoms with Crippen LogP contribution in [0.4, 0.5) is 0 Å². The normalized spacial score (nSPS) is 14.1. The molecule has 0 spiro atoms. The van der Waals surface area contributed by atoms with Gasteiger partial charge in [-0.25, -0.2) is 9.97 Å². The fourth-order valence-corrected chi connectivity index (χ4v) is 3.29. The van der Waals surface area contributed by atoms with Crippen LogP contribution in [0.3, 0.4) is 0 Å². The van der Waals surface area contributed by atoms with Crippen molar-refractivity contribution in [2.45, 2.75) is 18.4 Å². The van der Waals surface area contributed by atoms with E-state index in [1.54, 1.807) is 23.1 Å². The van der Waals surface area contributed by atoms with Gasteiger partial charge in [0.05, 0.1) is 10.7 Å². The Kier molecular flexibility index (Phi) is 2.33. The van der Waals surface area contributed by atoms with Crippen LogP contribution in [-0.4, -0.2) is 15.0 Å². The molecule has 3 heterocycles. The van der Waals surface area contributed by atoms with Gasteiger partial charge in [0.25, 0.3) is 5.56 Å². The zero-order valence-electron chi connectivity index (χ0n) is 8.61. The Balaban J connectivity index is 2.16. The first-order valence-electron chi connectivity index (χ1n) is 4.86. The number of hydrogen-bond acceptors (Lipinski definition) is 5. The highest BCUT2D eigenvalue weighted by Gasteiger charge is 2.18. The first-order chi connectivity index (χ1) is 7.74. The maximum Gasteiger partial charge on any atom is 0.255 e. The number of aromatic amines is 1. The SMILES string of the molecule is Cc1nc(-c2nc3c(c(=O)[nH]2)CSC3)cs1. The number of hydrogen-bond donors (Lipinski definition) is 1. The predicted molar refractivity (Wildman–Crippen MR) is 65.7 cm³/mol. The molecule has 0 saturated carbocycles. The largest absolute Gasteiger partial charge is 0.305 e. The highest BCUT2D eigenvalue weighted by molar-refractivity contribution is 7.98. The molecule has 0 aliphatic carbocycles. The molecule has 0 radical (unpaired) electrons. The van der Waals surface area contributed by atoms with E-state index in [0.29, 0.717) is 5.82 Å². The summed E-state index contributed by atoms with van der Waals surface area (Å²) in [6.45, 7) is 1.94. The van der Waals surface area contributed by atoms with Gasteiger partial charge >= 0.3 is 0 Å². The monoisotopic (exact) mass is 251 g/mol. The minimum absolute atomic E-state index is 0.0179. The summed E-state index contributed by atoms with van der Waals surface area (Å²) in [7, 11) is 0. The van der Waals surface area contributed by atoms with Gasteiger partial charge in [-0.15, -0.1) is 11.3 Å². The highest BCUT2D eigenvalue weighted by Crippen LogP contribution is 2.27. The molecule has 0 atom stereocenters. The van der Waals surface area contributed by atoms with Crippen molar-refractivity contribution in [2.75, 3.05) is 0 Å². The van der Waals surface area contributed by atoms with Crippen LogP contribution in [0, 0.1) is 6.92 Å². The molecule has 2 aromatic heterocycles. The Labute approximate surface area is 100 Å². The molecule has 6 heteroatoms. The lowest BCUT2D eigenvalue weighted by molar-refractivity contribution is 1.02. The number of aryl methyl sites for hydroxylation is 1. The van der Waals surface area contributed by atoms with Crippen molar-refractivity contribution in [3.8, 4) is 11.5 Å². The van der Waals surface area contributed by atoms with Gasteiger partial charge in [-0.3, -0.25) is 4.79 Å². The molecule has 16 heavy (non-hydrogen) atoms. The lowest BCUT2D eigenvalue weighted by Crippen LogP contribution is -2.15. The molecule has 4 nitrogen and oxygen atoms in total. The second-order valence-corrected chi connectivity index (χ2v) is 5.63. The Bertz CT molecular complexity index is 602. The smallest absolute Gasteiger partial charge is 0.255 e. The van der Waals surface area contributed by atoms with E-state index >= 15 is 0 Å². The summed E-state index contributed by atoms with van der Waals surface area (Å²) in [5, 5.41) is 2.90. The maximum absolute atomic E-state index is 11.8.